The minimum atomic E-state index is -0.176. The van der Waals surface area contributed by atoms with E-state index in [1.54, 1.807) is 25.4 Å². The number of carbonyl (C=O) groups is 1. The van der Waals surface area contributed by atoms with Crippen molar-refractivity contribution in [1.29, 1.82) is 5.41 Å². The van der Waals surface area contributed by atoms with Crippen molar-refractivity contribution in [2.45, 2.75) is 20.4 Å². The molecule has 1 aromatic heterocycles. The van der Waals surface area contributed by atoms with Gasteiger partial charge in [-0.3, -0.25) is 15.1 Å². The van der Waals surface area contributed by atoms with Crippen molar-refractivity contribution < 1.29 is 4.79 Å². The molecule has 0 aromatic carbocycles. The summed E-state index contributed by atoms with van der Waals surface area (Å²) in [6.07, 6.45) is 3.22. The van der Waals surface area contributed by atoms with Crippen LogP contribution in [0, 0.1) is 5.41 Å². The van der Waals surface area contributed by atoms with Crippen molar-refractivity contribution in [3.63, 3.8) is 0 Å². The fourth-order valence-corrected chi connectivity index (χ4v) is 1.02. The zero-order chi connectivity index (χ0) is 10.6. The highest BCUT2D eigenvalue weighted by molar-refractivity contribution is 5.94. The summed E-state index contributed by atoms with van der Waals surface area (Å²) < 4.78 is 0. The third kappa shape index (κ3) is 2.62. The summed E-state index contributed by atoms with van der Waals surface area (Å²) in [5.74, 6) is 0.559. The van der Waals surface area contributed by atoms with Gasteiger partial charge >= 0.3 is 0 Å². The second kappa shape index (κ2) is 4.45. The summed E-state index contributed by atoms with van der Waals surface area (Å²) in [6, 6.07) is 1.71. The molecule has 0 radical (unpaired) electrons. The Balaban J connectivity index is 2.75. The summed E-state index contributed by atoms with van der Waals surface area (Å²) in [5, 5.41) is 7.38. The SMILES string of the molecule is CC(=N)N(Cc1ncccn1)C(C)=O. The molecule has 0 spiro atoms. The predicted octanol–water partition coefficient (Wildman–Crippen LogP) is 0.822. The first-order chi connectivity index (χ1) is 6.61. The van der Waals surface area contributed by atoms with Crippen molar-refractivity contribution in [3.05, 3.63) is 24.3 Å². The average molecular weight is 192 g/mol. The normalized spacial score (nSPS) is 9.57. The van der Waals surface area contributed by atoms with Crippen LogP contribution in [-0.4, -0.2) is 26.6 Å². The maximum atomic E-state index is 11.1. The van der Waals surface area contributed by atoms with Gasteiger partial charge in [0.15, 0.2) is 0 Å². The van der Waals surface area contributed by atoms with Gasteiger partial charge in [0, 0.05) is 19.3 Å². The molecule has 14 heavy (non-hydrogen) atoms. The molecule has 0 saturated heterocycles. The predicted molar refractivity (Wildman–Crippen MR) is 51.7 cm³/mol. The maximum absolute atomic E-state index is 11.1. The first-order valence-electron chi connectivity index (χ1n) is 4.20. The van der Waals surface area contributed by atoms with Crippen LogP contribution < -0.4 is 0 Å². The average Bonchev–Trinajstić information content (AvgIpc) is 2.15. The third-order valence-electron chi connectivity index (χ3n) is 1.70. The first-order valence-corrected chi connectivity index (χ1v) is 4.20. The van der Waals surface area contributed by atoms with Gasteiger partial charge in [0.05, 0.1) is 12.4 Å². The number of nitrogens with one attached hydrogen (secondary N) is 1. The quantitative estimate of drug-likeness (QED) is 0.557. The molecule has 0 saturated carbocycles. The minimum absolute atomic E-state index is 0.176. The van der Waals surface area contributed by atoms with Crippen molar-refractivity contribution in [3.8, 4) is 0 Å². The van der Waals surface area contributed by atoms with Gasteiger partial charge in [-0.25, -0.2) is 9.97 Å². The Morgan fingerprint density at radius 1 is 1.43 bits per heavy atom. The molecule has 0 atom stereocenters. The van der Waals surface area contributed by atoms with Crippen LogP contribution in [0.1, 0.15) is 19.7 Å². The van der Waals surface area contributed by atoms with Crippen LogP contribution in [0.25, 0.3) is 0 Å². The number of nitrogens with zero attached hydrogens (tertiary/aromatic N) is 3. The zero-order valence-corrected chi connectivity index (χ0v) is 8.19. The lowest BCUT2D eigenvalue weighted by Crippen LogP contribution is -2.32. The summed E-state index contributed by atoms with van der Waals surface area (Å²) in [5.41, 5.74) is 0. The lowest BCUT2D eigenvalue weighted by Gasteiger charge is -2.17. The Morgan fingerprint density at radius 2 is 2.00 bits per heavy atom. The minimum Gasteiger partial charge on any atom is -0.294 e. The largest absolute Gasteiger partial charge is 0.294 e. The van der Waals surface area contributed by atoms with Crippen molar-refractivity contribution in [1.82, 2.24) is 14.9 Å². The van der Waals surface area contributed by atoms with Gasteiger partial charge in [-0.1, -0.05) is 0 Å². The van der Waals surface area contributed by atoms with E-state index in [0.29, 0.717) is 5.82 Å². The molecule has 0 unspecified atom stereocenters. The second-order valence-corrected chi connectivity index (χ2v) is 2.86. The second-order valence-electron chi connectivity index (χ2n) is 2.86. The van der Waals surface area contributed by atoms with E-state index in [4.69, 9.17) is 5.41 Å². The van der Waals surface area contributed by atoms with Crippen LogP contribution in [0.4, 0.5) is 0 Å². The molecule has 1 rings (SSSR count). The van der Waals surface area contributed by atoms with Crippen LogP contribution in [0.5, 0.6) is 0 Å². The summed E-state index contributed by atoms with van der Waals surface area (Å²) >= 11 is 0. The van der Waals surface area contributed by atoms with E-state index in [1.165, 1.54) is 11.8 Å². The van der Waals surface area contributed by atoms with Crippen molar-refractivity contribution >= 4 is 11.7 Å². The molecule has 74 valence electrons. The monoisotopic (exact) mass is 192 g/mol. The van der Waals surface area contributed by atoms with E-state index in [2.05, 4.69) is 9.97 Å². The van der Waals surface area contributed by atoms with Crippen LogP contribution >= 0.6 is 0 Å². The highest BCUT2D eigenvalue weighted by Gasteiger charge is 2.12. The van der Waals surface area contributed by atoms with Gasteiger partial charge in [0.1, 0.15) is 5.82 Å². The molecule has 0 aliphatic heterocycles. The highest BCUT2D eigenvalue weighted by atomic mass is 16.2. The van der Waals surface area contributed by atoms with E-state index < -0.39 is 0 Å². The maximum Gasteiger partial charge on any atom is 0.225 e. The van der Waals surface area contributed by atoms with Crippen LogP contribution in [0.2, 0.25) is 0 Å². The molecular weight excluding hydrogens is 180 g/mol. The summed E-state index contributed by atoms with van der Waals surface area (Å²) in [4.78, 5) is 20.4. The number of hydrogen-bond acceptors (Lipinski definition) is 4. The molecule has 0 aliphatic rings. The van der Waals surface area contributed by atoms with Gasteiger partial charge in [-0.15, -0.1) is 0 Å². The number of rotatable bonds is 2. The van der Waals surface area contributed by atoms with Crippen molar-refractivity contribution in [2.24, 2.45) is 0 Å². The third-order valence-corrected chi connectivity index (χ3v) is 1.70. The van der Waals surface area contributed by atoms with Gasteiger partial charge < -0.3 is 0 Å². The van der Waals surface area contributed by atoms with E-state index in [0.717, 1.165) is 0 Å². The Kier molecular flexibility index (Phi) is 3.28. The summed E-state index contributed by atoms with van der Waals surface area (Å²) in [7, 11) is 0. The topological polar surface area (TPSA) is 69.9 Å². The van der Waals surface area contributed by atoms with Crippen molar-refractivity contribution in [2.75, 3.05) is 0 Å². The van der Waals surface area contributed by atoms with E-state index in [1.807, 2.05) is 0 Å². The molecule has 0 aliphatic carbocycles. The molecule has 5 nitrogen and oxygen atoms in total. The molecule has 1 aromatic rings. The fraction of sp³-hybridized carbons (Fsp3) is 0.333. The van der Waals surface area contributed by atoms with E-state index in [9.17, 15) is 4.79 Å². The first kappa shape index (κ1) is 10.3. The summed E-state index contributed by atoms with van der Waals surface area (Å²) in [6.45, 7) is 3.23. The lowest BCUT2D eigenvalue weighted by atomic mass is 10.4. The Hall–Kier alpha value is -1.78. The Morgan fingerprint density at radius 3 is 2.43 bits per heavy atom. The Bertz CT molecular complexity index is 322. The molecule has 0 fully saturated rings. The van der Waals surface area contributed by atoms with E-state index >= 15 is 0 Å². The number of amides is 1. The molecule has 1 N–H and O–H groups in total. The number of aromatic nitrogens is 2. The van der Waals surface area contributed by atoms with Gasteiger partial charge in [-0.05, 0) is 13.0 Å². The smallest absolute Gasteiger partial charge is 0.225 e. The Labute approximate surface area is 82.3 Å². The van der Waals surface area contributed by atoms with Crippen LogP contribution in [-0.2, 0) is 11.3 Å². The lowest BCUT2D eigenvalue weighted by molar-refractivity contribution is -0.125. The molecule has 5 heteroatoms. The van der Waals surface area contributed by atoms with Gasteiger partial charge in [-0.2, -0.15) is 0 Å². The standard InChI is InChI=1S/C9H12N4O/c1-7(10)13(8(2)14)6-9-11-4-3-5-12-9/h3-5,10H,6H2,1-2H3. The van der Waals surface area contributed by atoms with Gasteiger partial charge in [0.25, 0.3) is 0 Å². The van der Waals surface area contributed by atoms with Gasteiger partial charge in [0.2, 0.25) is 5.91 Å². The number of carbonyl (C=O) groups excluding carboxylic acids is 1. The highest BCUT2D eigenvalue weighted by Crippen LogP contribution is 1.99. The van der Waals surface area contributed by atoms with E-state index in [-0.39, 0.29) is 18.3 Å². The molecule has 1 heterocycles. The zero-order valence-electron chi connectivity index (χ0n) is 8.19. The molecule has 0 bridgehead atoms. The number of amidine groups is 1. The fourth-order valence-electron chi connectivity index (χ4n) is 1.02. The van der Waals surface area contributed by atoms with Crippen LogP contribution in [0.15, 0.2) is 18.5 Å². The molecule has 1 amide bonds. The van der Waals surface area contributed by atoms with Crippen LogP contribution in [0.3, 0.4) is 0 Å². The molecular formula is C9H12N4O. The number of hydrogen-bond donors (Lipinski definition) is 1.